The van der Waals surface area contributed by atoms with E-state index in [1.54, 1.807) is 42.6 Å². The molecule has 1 heterocycles. The molecule has 26 heavy (non-hydrogen) atoms. The number of nitriles is 1. The van der Waals surface area contributed by atoms with Gasteiger partial charge in [-0.05, 0) is 42.0 Å². The van der Waals surface area contributed by atoms with Crippen molar-refractivity contribution < 1.29 is 14.3 Å². The lowest BCUT2D eigenvalue weighted by Gasteiger charge is -2.09. The molecular formula is C20H15N3O3. The lowest BCUT2D eigenvalue weighted by molar-refractivity contribution is 0.155. The summed E-state index contributed by atoms with van der Waals surface area (Å²) in [7, 11) is 0. The number of anilines is 1. The highest BCUT2D eigenvalue weighted by atomic mass is 16.5. The standard InChI is InChI=1S/C20H15N3O3/c21-13-16-7-4-12-22-19(16)26-18-10-8-17(9-11-18)23-20(24)25-14-15-5-2-1-3-6-15/h1-12H,14H2,(H,23,24). The summed E-state index contributed by atoms with van der Waals surface area (Å²) in [6.07, 6.45) is 1.01. The van der Waals surface area contributed by atoms with Gasteiger partial charge >= 0.3 is 6.09 Å². The van der Waals surface area contributed by atoms with Gasteiger partial charge in [0.05, 0.1) is 0 Å². The van der Waals surface area contributed by atoms with Crippen LogP contribution in [0.4, 0.5) is 10.5 Å². The van der Waals surface area contributed by atoms with E-state index in [9.17, 15) is 4.79 Å². The number of hydrogen-bond acceptors (Lipinski definition) is 5. The summed E-state index contributed by atoms with van der Waals surface area (Å²) in [4.78, 5) is 15.9. The molecule has 2 aromatic carbocycles. The number of carbonyl (C=O) groups is 1. The lowest BCUT2D eigenvalue weighted by atomic mass is 10.2. The van der Waals surface area contributed by atoms with Crippen molar-refractivity contribution in [2.24, 2.45) is 0 Å². The van der Waals surface area contributed by atoms with Crippen LogP contribution in [-0.2, 0) is 11.3 Å². The zero-order valence-corrected chi connectivity index (χ0v) is 13.8. The number of hydrogen-bond donors (Lipinski definition) is 1. The van der Waals surface area contributed by atoms with E-state index in [1.165, 1.54) is 0 Å². The third kappa shape index (κ3) is 4.58. The summed E-state index contributed by atoms with van der Waals surface area (Å²) in [5, 5.41) is 11.7. The van der Waals surface area contributed by atoms with Crippen LogP contribution >= 0.6 is 0 Å². The smallest absolute Gasteiger partial charge is 0.411 e. The molecule has 0 spiro atoms. The van der Waals surface area contributed by atoms with Crippen molar-refractivity contribution >= 4 is 11.8 Å². The zero-order chi connectivity index (χ0) is 18.2. The van der Waals surface area contributed by atoms with E-state index < -0.39 is 6.09 Å². The van der Waals surface area contributed by atoms with E-state index in [4.69, 9.17) is 14.7 Å². The largest absolute Gasteiger partial charge is 0.444 e. The number of nitrogens with zero attached hydrogens (tertiary/aromatic N) is 2. The van der Waals surface area contributed by atoms with Gasteiger partial charge in [-0.1, -0.05) is 30.3 Å². The van der Waals surface area contributed by atoms with Gasteiger partial charge in [0, 0.05) is 11.9 Å². The maximum atomic E-state index is 11.8. The Labute approximate surface area is 150 Å². The van der Waals surface area contributed by atoms with Crippen molar-refractivity contribution in [2.75, 3.05) is 5.32 Å². The molecule has 1 amide bonds. The van der Waals surface area contributed by atoms with Gasteiger partial charge in [0.25, 0.3) is 0 Å². The Balaban J connectivity index is 1.56. The Morgan fingerprint density at radius 2 is 1.81 bits per heavy atom. The van der Waals surface area contributed by atoms with Crippen LogP contribution in [0.5, 0.6) is 11.6 Å². The van der Waals surface area contributed by atoms with Crippen molar-refractivity contribution in [3.63, 3.8) is 0 Å². The third-order valence-electron chi connectivity index (χ3n) is 3.42. The maximum absolute atomic E-state index is 11.8. The molecule has 1 aromatic heterocycles. The summed E-state index contributed by atoms with van der Waals surface area (Å²) in [5.74, 6) is 0.737. The molecule has 0 saturated heterocycles. The predicted octanol–water partition coefficient (Wildman–Crippen LogP) is 4.49. The molecule has 0 aliphatic rings. The average molecular weight is 345 g/mol. The number of aromatic nitrogens is 1. The Morgan fingerprint density at radius 3 is 2.54 bits per heavy atom. The number of amides is 1. The molecule has 128 valence electrons. The van der Waals surface area contributed by atoms with Crippen LogP contribution in [0.25, 0.3) is 0 Å². The normalized spacial score (nSPS) is 9.81. The van der Waals surface area contributed by atoms with E-state index in [-0.39, 0.29) is 12.5 Å². The van der Waals surface area contributed by atoms with Gasteiger partial charge in [0.2, 0.25) is 5.88 Å². The maximum Gasteiger partial charge on any atom is 0.411 e. The number of benzene rings is 2. The number of rotatable bonds is 5. The molecule has 0 fully saturated rings. The minimum absolute atomic E-state index is 0.199. The Hall–Kier alpha value is -3.85. The van der Waals surface area contributed by atoms with Gasteiger partial charge in [-0.3, -0.25) is 5.32 Å². The van der Waals surface area contributed by atoms with Crippen molar-refractivity contribution in [3.05, 3.63) is 84.1 Å². The van der Waals surface area contributed by atoms with E-state index in [2.05, 4.69) is 10.3 Å². The fraction of sp³-hybridized carbons (Fsp3) is 0.0500. The van der Waals surface area contributed by atoms with Crippen LogP contribution in [0.15, 0.2) is 72.9 Å². The Kier molecular flexibility index (Phi) is 5.43. The van der Waals surface area contributed by atoms with Crippen molar-refractivity contribution in [1.29, 1.82) is 5.26 Å². The summed E-state index contributed by atoms with van der Waals surface area (Å²) < 4.78 is 10.7. The fourth-order valence-electron chi connectivity index (χ4n) is 2.15. The van der Waals surface area contributed by atoms with Gasteiger partial charge in [-0.15, -0.1) is 0 Å². The first-order valence-electron chi connectivity index (χ1n) is 7.85. The van der Waals surface area contributed by atoms with E-state index in [0.717, 1.165) is 5.56 Å². The molecule has 0 aliphatic heterocycles. The summed E-state index contributed by atoms with van der Waals surface area (Å²) in [6.45, 7) is 0.199. The predicted molar refractivity (Wildman–Crippen MR) is 95.7 cm³/mol. The van der Waals surface area contributed by atoms with Gasteiger partial charge in [0.15, 0.2) is 0 Å². The summed E-state index contributed by atoms with van der Waals surface area (Å²) in [5.41, 5.74) is 1.83. The summed E-state index contributed by atoms with van der Waals surface area (Å²) in [6, 6.07) is 21.4. The quantitative estimate of drug-likeness (QED) is 0.736. The highest BCUT2D eigenvalue weighted by Gasteiger charge is 2.07. The topological polar surface area (TPSA) is 84.2 Å². The van der Waals surface area contributed by atoms with Gasteiger partial charge in [-0.25, -0.2) is 9.78 Å². The molecule has 0 radical (unpaired) electrons. The molecule has 6 nitrogen and oxygen atoms in total. The van der Waals surface area contributed by atoms with Crippen molar-refractivity contribution in [1.82, 2.24) is 4.98 Å². The summed E-state index contributed by atoms with van der Waals surface area (Å²) >= 11 is 0. The highest BCUT2D eigenvalue weighted by Crippen LogP contribution is 2.23. The third-order valence-corrected chi connectivity index (χ3v) is 3.42. The fourth-order valence-corrected chi connectivity index (χ4v) is 2.15. The van der Waals surface area contributed by atoms with Gasteiger partial charge in [-0.2, -0.15) is 5.26 Å². The number of nitrogens with one attached hydrogen (secondary N) is 1. The second-order valence-corrected chi connectivity index (χ2v) is 5.28. The second kappa shape index (κ2) is 8.31. The molecule has 0 atom stereocenters. The second-order valence-electron chi connectivity index (χ2n) is 5.28. The molecule has 0 bridgehead atoms. The molecule has 3 aromatic rings. The molecule has 0 saturated carbocycles. The minimum Gasteiger partial charge on any atom is -0.444 e. The molecule has 1 N–H and O–H groups in total. The first-order valence-corrected chi connectivity index (χ1v) is 7.85. The Bertz CT molecular complexity index is 919. The van der Waals surface area contributed by atoms with E-state index >= 15 is 0 Å². The molecule has 0 aliphatic carbocycles. The number of pyridine rings is 1. The van der Waals surface area contributed by atoms with Crippen molar-refractivity contribution in [2.45, 2.75) is 6.61 Å². The zero-order valence-electron chi connectivity index (χ0n) is 13.8. The van der Waals surface area contributed by atoms with E-state index in [1.807, 2.05) is 36.4 Å². The van der Waals surface area contributed by atoms with Crippen LogP contribution in [0.3, 0.4) is 0 Å². The van der Waals surface area contributed by atoms with Crippen LogP contribution in [-0.4, -0.2) is 11.1 Å². The monoisotopic (exact) mass is 345 g/mol. The highest BCUT2D eigenvalue weighted by molar-refractivity contribution is 5.84. The lowest BCUT2D eigenvalue weighted by Crippen LogP contribution is -2.13. The number of ether oxygens (including phenoxy) is 2. The minimum atomic E-state index is -0.543. The van der Waals surface area contributed by atoms with Gasteiger partial charge in [0.1, 0.15) is 24.0 Å². The molecular weight excluding hydrogens is 330 g/mol. The SMILES string of the molecule is N#Cc1cccnc1Oc1ccc(NC(=O)OCc2ccccc2)cc1. The molecule has 3 rings (SSSR count). The number of carbonyl (C=O) groups excluding carboxylic acids is 1. The first kappa shape index (κ1) is 17.0. The van der Waals surface area contributed by atoms with Gasteiger partial charge < -0.3 is 9.47 Å². The molecule has 0 unspecified atom stereocenters. The van der Waals surface area contributed by atoms with Crippen LogP contribution in [0, 0.1) is 11.3 Å². The molecule has 6 heteroatoms. The van der Waals surface area contributed by atoms with E-state index in [0.29, 0.717) is 17.0 Å². The first-order chi connectivity index (χ1) is 12.7. The van der Waals surface area contributed by atoms with Crippen LogP contribution in [0.1, 0.15) is 11.1 Å². The van der Waals surface area contributed by atoms with Crippen LogP contribution in [0.2, 0.25) is 0 Å². The Morgan fingerprint density at radius 1 is 1.04 bits per heavy atom. The van der Waals surface area contributed by atoms with Crippen LogP contribution < -0.4 is 10.1 Å². The average Bonchev–Trinajstić information content (AvgIpc) is 2.69. The van der Waals surface area contributed by atoms with Crippen molar-refractivity contribution in [3.8, 4) is 17.7 Å².